The zero-order valence-electron chi connectivity index (χ0n) is 6.37. The van der Waals surface area contributed by atoms with E-state index in [4.69, 9.17) is 5.73 Å². The summed E-state index contributed by atoms with van der Waals surface area (Å²) in [6.07, 6.45) is 0. The van der Waals surface area contributed by atoms with Gasteiger partial charge in [0.2, 0.25) is 0 Å². The smallest absolute Gasteiger partial charge is 0.106 e. The number of rotatable bonds is 2. The van der Waals surface area contributed by atoms with E-state index in [2.05, 4.69) is 5.18 Å². The van der Waals surface area contributed by atoms with Crippen molar-refractivity contribution in [2.45, 2.75) is 13.5 Å². The summed E-state index contributed by atoms with van der Waals surface area (Å²) < 4.78 is 0. The van der Waals surface area contributed by atoms with E-state index in [1.807, 2.05) is 25.1 Å². The summed E-state index contributed by atoms with van der Waals surface area (Å²) in [5, 5.41) is 2.80. The lowest BCUT2D eigenvalue weighted by Crippen LogP contribution is -1.93. The minimum absolute atomic E-state index is 0.205. The van der Waals surface area contributed by atoms with Crippen LogP contribution in [0, 0.1) is 11.8 Å². The largest absolute Gasteiger partial charge is 0.399 e. The normalized spacial score (nSPS) is 9.55. The fraction of sp³-hybridized carbons (Fsp3) is 0.250. The predicted octanol–water partition coefficient (Wildman–Crippen LogP) is 1.84. The summed E-state index contributed by atoms with van der Waals surface area (Å²) in [6, 6.07) is 5.49. The van der Waals surface area contributed by atoms with Gasteiger partial charge in [0.1, 0.15) is 6.54 Å². The maximum atomic E-state index is 9.95. The van der Waals surface area contributed by atoms with Gasteiger partial charge in [-0.25, -0.2) is 0 Å². The Morgan fingerprint density at radius 1 is 1.55 bits per heavy atom. The van der Waals surface area contributed by atoms with Crippen LogP contribution in [0.3, 0.4) is 0 Å². The van der Waals surface area contributed by atoms with Gasteiger partial charge in [-0.2, -0.15) is 4.91 Å². The number of nitrogens with zero attached hydrogens (tertiary/aromatic N) is 1. The van der Waals surface area contributed by atoms with Crippen molar-refractivity contribution in [2.75, 3.05) is 5.73 Å². The molecule has 3 nitrogen and oxygen atoms in total. The number of benzene rings is 1. The zero-order chi connectivity index (χ0) is 8.27. The monoisotopic (exact) mass is 150 g/mol. The summed E-state index contributed by atoms with van der Waals surface area (Å²) >= 11 is 0. The Morgan fingerprint density at radius 2 is 2.27 bits per heavy atom. The van der Waals surface area contributed by atoms with Gasteiger partial charge in [0.05, 0.1) is 0 Å². The minimum Gasteiger partial charge on any atom is -0.399 e. The van der Waals surface area contributed by atoms with Gasteiger partial charge < -0.3 is 5.73 Å². The Hall–Kier alpha value is -1.38. The lowest BCUT2D eigenvalue weighted by molar-refractivity contribution is 1.04. The Bertz CT molecular complexity index is 271. The Morgan fingerprint density at radius 3 is 2.91 bits per heavy atom. The van der Waals surface area contributed by atoms with Crippen LogP contribution >= 0.6 is 0 Å². The molecule has 1 aromatic rings. The quantitative estimate of drug-likeness (QED) is 0.516. The summed E-state index contributed by atoms with van der Waals surface area (Å²) in [5.74, 6) is 0. The molecule has 0 aliphatic rings. The molecule has 0 spiro atoms. The van der Waals surface area contributed by atoms with Crippen molar-refractivity contribution in [2.24, 2.45) is 5.18 Å². The lowest BCUT2D eigenvalue weighted by Gasteiger charge is -2.02. The fourth-order valence-corrected chi connectivity index (χ4v) is 0.944. The number of hydrogen-bond acceptors (Lipinski definition) is 3. The van der Waals surface area contributed by atoms with Crippen molar-refractivity contribution in [1.29, 1.82) is 0 Å². The van der Waals surface area contributed by atoms with Gasteiger partial charge in [-0.15, -0.1) is 0 Å². The summed E-state index contributed by atoms with van der Waals surface area (Å²) in [4.78, 5) is 9.95. The Kier molecular flexibility index (Phi) is 2.21. The van der Waals surface area contributed by atoms with E-state index in [9.17, 15) is 4.91 Å². The maximum absolute atomic E-state index is 9.95. The standard InChI is InChI=1S/C8H10N2O/c1-6-7(5-10-11)3-2-4-8(6)9/h2-4H,5,9H2,1H3. The molecule has 2 N–H and O–H groups in total. The van der Waals surface area contributed by atoms with E-state index < -0.39 is 0 Å². The highest BCUT2D eigenvalue weighted by Crippen LogP contribution is 2.15. The Balaban J connectivity index is 3.05. The van der Waals surface area contributed by atoms with Gasteiger partial charge in [0, 0.05) is 5.69 Å². The molecule has 0 atom stereocenters. The van der Waals surface area contributed by atoms with E-state index >= 15 is 0 Å². The molecule has 0 radical (unpaired) electrons. The molecule has 1 rings (SSSR count). The van der Waals surface area contributed by atoms with Crippen LogP contribution in [0.2, 0.25) is 0 Å². The first-order valence-electron chi connectivity index (χ1n) is 3.39. The van der Waals surface area contributed by atoms with Crippen LogP contribution in [0.1, 0.15) is 11.1 Å². The molecule has 0 aliphatic carbocycles. The SMILES string of the molecule is Cc1c(N)cccc1CN=O. The van der Waals surface area contributed by atoms with Crippen molar-refractivity contribution in [3.05, 3.63) is 34.2 Å². The number of nitroso groups, excluding NO2 is 1. The van der Waals surface area contributed by atoms with Crippen LogP contribution in [0.5, 0.6) is 0 Å². The first kappa shape index (κ1) is 7.72. The van der Waals surface area contributed by atoms with Crippen LogP contribution in [-0.2, 0) is 6.54 Å². The molecule has 0 amide bonds. The topological polar surface area (TPSA) is 55.4 Å². The van der Waals surface area contributed by atoms with Gasteiger partial charge in [-0.1, -0.05) is 17.3 Å². The summed E-state index contributed by atoms with van der Waals surface area (Å²) in [5.41, 5.74) is 8.18. The highest BCUT2D eigenvalue weighted by molar-refractivity contribution is 5.49. The van der Waals surface area contributed by atoms with Gasteiger partial charge in [-0.05, 0) is 24.1 Å². The van der Waals surface area contributed by atoms with Gasteiger partial charge in [-0.3, -0.25) is 0 Å². The third kappa shape index (κ3) is 1.55. The summed E-state index contributed by atoms with van der Waals surface area (Å²) in [7, 11) is 0. The van der Waals surface area contributed by atoms with E-state index in [-0.39, 0.29) is 6.54 Å². The molecule has 0 fully saturated rings. The molecule has 0 saturated carbocycles. The molecule has 58 valence electrons. The Labute approximate surface area is 65.2 Å². The molecular weight excluding hydrogens is 140 g/mol. The predicted molar refractivity (Wildman–Crippen MR) is 45.1 cm³/mol. The highest BCUT2D eigenvalue weighted by atomic mass is 16.3. The first-order valence-corrected chi connectivity index (χ1v) is 3.39. The van der Waals surface area contributed by atoms with Crippen molar-refractivity contribution < 1.29 is 0 Å². The molecule has 0 unspecified atom stereocenters. The van der Waals surface area contributed by atoms with Gasteiger partial charge >= 0.3 is 0 Å². The average molecular weight is 150 g/mol. The maximum Gasteiger partial charge on any atom is 0.106 e. The van der Waals surface area contributed by atoms with E-state index in [0.717, 1.165) is 11.1 Å². The molecule has 0 aromatic heterocycles. The molecule has 0 aliphatic heterocycles. The molecular formula is C8H10N2O. The van der Waals surface area contributed by atoms with Crippen molar-refractivity contribution in [3.63, 3.8) is 0 Å². The zero-order valence-corrected chi connectivity index (χ0v) is 6.37. The second-order valence-corrected chi connectivity index (χ2v) is 2.42. The fourth-order valence-electron chi connectivity index (χ4n) is 0.944. The lowest BCUT2D eigenvalue weighted by atomic mass is 10.1. The van der Waals surface area contributed by atoms with Crippen LogP contribution in [-0.4, -0.2) is 0 Å². The minimum atomic E-state index is 0.205. The van der Waals surface area contributed by atoms with Crippen LogP contribution in [0.15, 0.2) is 23.4 Å². The van der Waals surface area contributed by atoms with E-state index in [0.29, 0.717) is 5.69 Å². The number of anilines is 1. The van der Waals surface area contributed by atoms with Crippen molar-refractivity contribution >= 4 is 5.69 Å². The molecule has 1 aromatic carbocycles. The third-order valence-electron chi connectivity index (χ3n) is 1.72. The molecule has 0 bridgehead atoms. The van der Waals surface area contributed by atoms with E-state index in [1.165, 1.54) is 0 Å². The number of nitrogen functional groups attached to an aromatic ring is 1. The van der Waals surface area contributed by atoms with Gasteiger partial charge in [0.25, 0.3) is 0 Å². The summed E-state index contributed by atoms with van der Waals surface area (Å²) in [6.45, 7) is 2.09. The van der Waals surface area contributed by atoms with Crippen molar-refractivity contribution in [3.8, 4) is 0 Å². The van der Waals surface area contributed by atoms with Crippen LogP contribution < -0.4 is 5.73 Å². The molecule has 11 heavy (non-hydrogen) atoms. The third-order valence-corrected chi connectivity index (χ3v) is 1.72. The molecule has 0 saturated heterocycles. The highest BCUT2D eigenvalue weighted by Gasteiger charge is 1.99. The molecule has 3 heteroatoms. The van der Waals surface area contributed by atoms with E-state index in [1.54, 1.807) is 0 Å². The van der Waals surface area contributed by atoms with Crippen LogP contribution in [0.25, 0.3) is 0 Å². The number of nitrogens with two attached hydrogens (primary N) is 1. The van der Waals surface area contributed by atoms with Crippen LogP contribution in [0.4, 0.5) is 5.69 Å². The first-order chi connectivity index (χ1) is 5.25. The second kappa shape index (κ2) is 3.14. The second-order valence-electron chi connectivity index (χ2n) is 2.42. The molecule has 0 heterocycles. The average Bonchev–Trinajstić information content (AvgIpc) is 1.99. The van der Waals surface area contributed by atoms with Gasteiger partial charge in [0.15, 0.2) is 0 Å². The number of hydrogen-bond donors (Lipinski definition) is 1. The van der Waals surface area contributed by atoms with Crippen molar-refractivity contribution in [1.82, 2.24) is 0 Å².